The number of hydrogen-bond donors (Lipinski definition) is 1. The third-order valence-corrected chi connectivity index (χ3v) is 3.25. The van der Waals surface area contributed by atoms with Crippen LogP contribution in [0.4, 0.5) is 5.82 Å². The first kappa shape index (κ1) is 12.4. The van der Waals surface area contributed by atoms with Gasteiger partial charge in [0.25, 0.3) is 0 Å². The van der Waals surface area contributed by atoms with Crippen LogP contribution in [0, 0.1) is 5.92 Å². The van der Waals surface area contributed by atoms with Gasteiger partial charge in [-0.2, -0.15) is 0 Å². The molecule has 94 valence electrons. The number of aliphatic hydroxyl groups excluding tert-OH is 1. The number of aromatic nitrogens is 1. The van der Waals surface area contributed by atoms with E-state index in [1.165, 1.54) is 12.8 Å². The van der Waals surface area contributed by atoms with E-state index in [1.54, 1.807) is 13.1 Å². The van der Waals surface area contributed by atoms with Crippen LogP contribution in [-0.4, -0.2) is 23.2 Å². The Hall–Kier alpha value is -1.09. The Bertz CT molecular complexity index is 344. The lowest BCUT2D eigenvalue weighted by molar-refractivity contribution is 0.199. The molecule has 2 rings (SSSR count). The highest BCUT2D eigenvalue weighted by Gasteiger charge is 2.24. The summed E-state index contributed by atoms with van der Waals surface area (Å²) < 4.78 is 0. The normalized spacial score (nSPS) is 16.9. The molecule has 3 nitrogen and oxygen atoms in total. The lowest BCUT2D eigenvalue weighted by Crippen LogP contribution is -2.27. The summed E-state index contributed by atoms with van der Waals surface area (Å²) in [6.07, 6.45) is 5.24. The van der Waals surface area contributed by atoms with Crippen molar-refractivity contribution in [3.63, 3.8) is 0 Å². The molecule has 1 aliphatic carbocycles. The molecule has 1 N–H and O–H groups in total. The maximum Gasteiger partial charge on any atom is 0.128 e. The summed E-state index contributed by atoms with van der Waals surface area (Å²) in [4.78, 5) is 6.83. The second kappa shape index (κ2) is 5.50. The minimum absolute atomic E-state index is 0.431. The van der Waals surface area contributed by atoms with Crippen molar-refractivity contribution in [1.82, 2.24) is 4.98 Å². The van der Waals surface area contributed by atoms with E-state index in [1.807, 2.05) is 12.1 Å². The summed E-state index contributed by atoms with van der Waals surface area (Å²) in [6.45, 7) is 6.17. The van der Waals surface area contributed by atoms with Gasteiger partial charge in [0.1, 0.15) is 5.82 Å². The molecule has 0 amide bonds. The first-order chi connectivity index (χ1) is 8.20. The van der Waals surface area contributed by atoms with Crippen molar-refractivity contribution in [3.05, 3.63) is 23.9 Å². The SMILES string of the molecule is CCCN(CC1CC1)c1ccc([C@@H](C)O)cn1. The molecule has 0 bridgehead atoms. The zero-order valence-corrected chi connectivity index (χ0v) is 10.8. The molecule has 0 spiro atoms. The van der Waals surface area contributed by atoms with Gasteiger partial charge in [0.05, 0.1) is 6.10 Å². The fraction of sp³-hybridized carbons (Fsp3) is 0.643. The van der Waals surface area contributed by atoms with Crippen LogP contribution < -0.4 is 4.90 Å². The molecule has 0 radical (unpaired) electrons. The van der Waals surface area contributed by atoms with E-state index in [0.29, 0.717) is 0 Å². The maximum absolute atomic E-state index is 9.46. The molecule has 1 saturated carbocycles. The number of pyridine rings is 1. The van der Waals surface area contributed by atoms with Crippen molar-refractivity contribution in [2.24, 2.45) is 5.92 Å². The van der Waals surface area contributed by atoms with E-state index in [9.17, 15) is 5.11 Å². The molecule has 1 aromatic heterocycles. The van der Waals surface area contributed by atoms with E-state index >= 15 is 0 Å². The van der Waals surface area contributed by atoms with Crippen LogP contribution in [0.15, 0.2) is 18.3 Å². The summed E-state index contributed by atoms with van der Waals surface area (Å²) in [7, 11) is 0. The molecule has 17 heavy (non-hydrogen) atoms. The molecule has 1 atom stereocenters. The number of aliphatic hydroxyl groups is 1. The van der Waals surface area contributed by atoms with Crippen molar-refractivity contribution >= 4 is 5.82 Å². The number of nitrogens with zero attached hydrogens (tertiary/aromatic N) is 2. The predicted octanol–water partition coefficient (Wildman–Crippen LogP) is 2.76. The van der Waals surface area contributed by atoms with Crippen LogP contribution >= 0.6 is 0 Å². The zero-order chi connectivity index (χ0) is 12.3. The van der Waals surface area contributed by atoms with Crippen molar-refractivity contribution in [2.45, 2.75) is 39.2 Å². The minimum atomic E-state index is -0.431. The Morgan fingerprint density at radius 2 is 2.24 bits per heavy atom. The van der Waals surface area contributed by atoms with Crippen LogP contribution in [0.2, 0.25) is 0 Å². The molecule has 1 fully saturated rings. The zero-order valence-electron chi connectivity index (χ0n) is 10.8. The second-order valence-electron chi connectivity index (χ2n) is 5.02. The second-order valence-corrected chi connectivity index (χ2v) is 5.02. The van der Waals surface area contributed by atoms with Crippen LogP contribution in [0.3, 0.4) is 0 Å². The first-order valence-electron chi connectivity index (χ1n) is 6.59. The maximum atomic E-state index is 9.46. The summed E-state index contributed by atoms with van der Waals surface area (Å²) in [5.74, 6) is 1.92. The third-order valence-electron chi connectivity index (χ3n) is 3.25. The fourth-order valence-electron chi connectivity index (χ4n) is 2.01. The van der Waals surface area contributed by atoms with Gasteiger partial charge in [-0.1, -0.05) is 13.0 Å². The van der Waals surface area contributed by atoms with E-state index in [0.717, 1.165) is 36.8 Å². The first-order valence-corrected chi connectivity index (χ1v) is 6.59. The van der Waals surface area contributed by atoms with Gasteiger partial charge in [-0.3, -0.25) is 0 Å². The summed E-state index contributed by atoms with van der Waals surface area (Å²) in [6, 6.07) is 4.00. The topological polar surface area (TPSA) is 36.4 Å². The molecule has 1 aromatic rings. The number of hydrogen-bond acceptors (Lipinski definition) is 3. The van der Waals surface area contributed by atoms with Crippen molar-refractivity contribution in [1.29, 1.82) is 0 Å². The molecule has 1 aliphatic rings. The lowest BCUT2D eigenvalue weighted by atomic mass is 10.2. The van der Waals surface area contributed by atoms with E-state index < -0.39 is 6.10 Å². The molecular formula is C14H22N2O. The monoisotopic (exact) mass is 234 g/mol. The third kappa shape index (κ3) is 3.43. The standard InChI is InChI=1S/C14H22N2O/c1-3-8-16(10-12-4-5-12)14-7-6-13(9-15-14)11(2)17/h6-7,9,11-12,17H,3-5,8,10H2,1-2H3/t11-/m1/s1. The van der Waals surface area contributed by atoms with Crippen LogP contribution in [-0.2, 0) is 0 Å². The summed E-state index contributed by atoms with van der Waals surface area (Å²) in [5.41, 5.74) is 0.886. The molecule has 3 heteroatoms. The quantitative estimate of drug-likeness (QED) is 0.822. The average Bonchev–Trinajstić information content (AvgIpc) is 3.13. The minimum Gasteiger partial charge on any atom is -0.389 e. The largest absolute Gasteiger partial charge is 0.389 e. The number of anilines is 1. The Balaban J connectivity index is 2.05. The summed E-state index contributed by atoms with van der Waals surface area (Å²) >= 11 is 0. The predicted molar refractivity (Wildman–Crippen MR) is 70.1 cm³/mol. The highest BCUT2D eigenvalue weighted by molar-refractivity contribution is 5.39. The van der Waals surface area contributed by atoms with Crippen molar-refractivity contribution < 1.29 is 5.11 Å². The van der Waals surface area contributed by atoms with Crippen LogP contribution in [0.5, 0.6) is 0 Å². The van der Waals surface area contributed by atoms with Gasteiger partial charge < -0.3 is 10.0 Å². The number of rotatable bonds is 6. The van der Waals surface area contributed by atoms with E-state index in [2.05, 4.69) is 16.8 Å². The van der Waals surface area contributed by atoms with Gasteiger partial charge in [0, 0.05) is 19.3 Å². The molecule has 0 saturated heterocycles. The lowest BCUT2D eigenvalue weighted by Gasteiger charge is -2.23. The summed E-state index contributed by atoms with van der Waals surface area (Å²) in [5, 5.41) is 9.46. The smallest absolute Gasteiger partial charge is 0.128 e. The van der Waals surface area contributed by atoms with Gasteiger partial charge in [-0.05, 0) is 43.7 Å². The van der Waals surface area contributed by atoms with E-state index in [4.69, 9.17) is 0 Å². The molecule has 0 unspecified atom stereocenters. The van der Waals surface area contributed by atoms with Crippen LogP contribution in [0.1, 0.15) is 44.8 Å². The highest BCUT2D eigenvalue weighted by Crippen LogP contribution is 2.31. The van der Waals surface area contributed by atoms with Crippen molar-refractivity contribution in [2.75, 3.05) is 18.0 Å². The van der Waals surface area contributed by atoms with Gasteiger partial charge in [0.2, 0.25) is 0 Å². The van der Waals surface area contributed by atoms with Gasteiger partial charge >= 0.3 is 0 Å². The highest BCUT2D eigenvalue weighted by atomic mass is 16.3. The van der Waals surface area contributed by atoms with Crippen molar-refractivity contribution in [3.8, 4) is 0 Å². The Kier molecular flexibility index (Phi) is 4.00. The molecular weight excluding hydrogens is 212 g/mol. The average molecular weight is 234 g/mol. The van der Waals surface area contributed by atoms with Gasteiger partial charge in [0.15, 0.2) is 0 Å². The van der Waals surface area contributed by atoms with E-state index in [-0.39, 0.29) is 0 Å². The fourth-order valence-corrected chi connectivity index (χ4v) is 2.01. The van der Waals surface area contributed by atoms with Gasteiger partial charge in [-0.15, -0.1) is 0 Å². The molecule has 0 aromatic carbocycles. The van der Waals surface area contributed by atoms with Crippen LogP contribution in [0.25, 0.3) is 0 Å². The molecule has 0 aliphatic heterocycles. The van der Waals surface area contributed by atoms with Gasteiger partial charge in [-0.25, -0.2) is 4.98 Å². The Morgan fingerprint density at radius 3 is 2.71 bits per heavy atom. The Morgan fingerprint density at radius 1 is 1.47 bits per heavy atom. The molecule has 1 heterocycles. The Labute approximate surface area is 103 Å².